The summed E-state index contributed by atoms with van der Waals surface area (Å²) in [6.07, 6.45) is 1.78. The van der Waals surface area contributed by atoms with Gasteiger partial charge in [0, 0.05) is 6.20 Å². The maximum absolute atomic E-state index is 10.4. The van der Waals surface area contributed by atoms with Crippen LogP contribution in [0.5, 0.6) is 0 Å². The van der Waals surface area contributed by atoms with Gasteiger partial charge in [0.2, 0.25) is 0 Å². The highest BCUT2D eigenvalue weighted by Gasteiger charge is 2.11. The lowest BCUT2D eigenvalue weighted by Crippen LogP contribution is -2.32. The molecule has 0 amide bonds. The van der Waals surface area contributed by atoms with E-state index in [0.717, 1.165) is 5.56 Å². The monoisotopic (exact) mass is 200 g/mol. The van der Waals surface area contributed by atoms with Crippen molar-refractivity contribution in [1.29, 1.82) is 0 Å². The summed E-state index contributed by atoms with van der Waals surface area (Å²) in [6.45, 7) is 0. The van der Waals surface area contributed by atoms with E-state index in [1.807, 2.05) is 0 Å². The molecule has 0 saturated carbocycles. The first kappa shape index (κ1) is 9.95. The quantitative estimate of drug-likeness (QED) is 0.704. The Labute approximate surface area is 80.3 Å². The van der Waals surface area contributed by atoms with Crippen LogP contribution in [0.15, 0.2) is 18.3 Å². The molecule has 0 aromatic carbocycles. The average Bonchev–Trinajstić information content (AvgIpc) is 2.08. The number of carboxylic acid groups (broad SMARTS) is 1. The molecular formula is C8H9ClN2O2. The molecule has 1 atom stereocenters. The minimum Gasteiger partial charge on any atom is -0.480 e. The smallest absolute Gasteiger partial charge is 0.320 e. The molecule has 1 rings (SSSR count). The van der Waals surface area contributed by atoms with Crippen LogP contribution in [0.4, 0.5) is 0 Å². The molecular weight excluding hydrogens is 192 g/mol. The van der Waals surface area contributed by atoms with Crippen molar-refractivity contribution in [3.8, 4) is 0 Å². The summed E-state index contributed by atoms with van der Waals surface area (Å²) in [5, 5.41) is 8.91. The number of hydrogen-bond acceptors (Lipinski definition) is 3. The molecule has 0 bridgehead atoms. The molecule has 1 aromatic heterocycles. The zero-order valence-corrected chi connectivity index (χ0v) is 7.53. The Morgan fingerprint density at radius 1 is 1.69 bits per heavy atom. The maximum atomic E-state index is 10.4. The van der Waals surface area contributed by atoms with Gasteiger partial charge in [-0.3, -0.25) is 4.79 Å². The highest BCUT2D eigenvalue weighted by atomic mass is 35.5. The minimum absolute atomic E-state index is 0.263. The second-order valence-corrected chi connectivity index (χ2v) is 3.03. The largest absolute Gasteiger partial charge is 0.480 e. The average molecular weight is 201 g/mol. The van der Waals surface area contributed by atoms with Gasteiger partial charge >= 0.3 is 5.97 Å². The fourth-order valence-electron chi connectivity index (χ4n) is 0.868. The lowest BCUT2D eigenvalue weighted by Gasteiger charge is -2.05. The predicted octanol–water partition coefficient (Wildman–Crippen LogP) is 0.689. The van der Waals surface area contributed by atoms with Crippen molar-refractivity contribution >= 4 is 17.6 Å². The summed E-state index contributed by atoms with van der Waals surface area (Å²) in [5.74, 6) is -1.02. The normalized spacial score (nSPS) is 12.5. The summed E-state index contributed by atoms with van der Waals surface area (Å²) >= 11 is 5.55. The highest BCUT2D eigenvalue weighted by molar-refractivity contribution is 6.29. The van der Waals surface area contributed by atoms with Crippen LogP contribution < -0.4 is 5.73 Å². The molecule has 13 heavy (non-hydrogen) atoms. The Morgan fingerprint density at radius 3 is 2.85 bits per heavy atom. The third-order valence-corrected chi connectivity index (χ3v) is 1.79. The first-order valence-electron chi connectivity index (χ1n) is 3.68. The first-order chi connectivity index (χ1) is 6.09. The molecule has 0 aliphatic rings. The molecule has 3 N–H and O–H groups in total. The first-order valence-corrected chi connectivity index (χ1v) is 4.06. The van der Waals surface area contributed by atoms with Gasteiger partial charge in [0.15, 0.2) is 0 Å². The Kier molecular flexibility index (Phi) is 3.22. The highest BCUT2D eigenvalue weighted by Crippen LogP contribution is 2.06. The van der Waals surface area contributed by atoms with Gasteiger partial charge in [-0.25, -0.2) is 4.98 Å². The molecule has 1 heterocycles. The number of carbonyl (C=O) groups is 1. The SMILES string of the molecule is N[C@H](Cc1ccc(Cl)nc1)C(=O)O. The van der Waals surface area contributed by atoms with Gasteiger partial charge in [-0.2, -0.15) is 0 Å². The van der Waals surface area contributed by atoms with Gasteiger partial charge in [-0.15, -0.1) is 0 Å². The molecule has 0 fully saturated rings. The fraction of sp³-hybridized carbons (Fsp3) is 0.250. The second kappa shape index (κ2) is 4.20. The lowest BCUT2D eigenvalue weighted by molar-refractivity contribution is -0.138. The Morgan fingerprint density at radius 2 is 2.38 bits per heavy atom. The Bertz CT molecular complexity index is 300. The van der Waals surface area contributed by atoms with Gasteiger partial charge in [0.05, 0.1) is 0 Å². The van der Waals surface area contributed by atoms with Gasteiger partial charge < -0.3 is 10.8 Å². The van der Waals surface area contributed by atoms with Crippen LogP contribution in [0.3, 0.4) is 0 Å². The minimum atomic E-state index is -1.02. The number of rotatable bonds is 3. The lowest BCUT2D eigenvalue weighted by atomic mass is 10.1. The van der Waals surface area contributed by atoms with Crippen LogP contribution >= 0.6 is 11.6 Å². The molecule has 70 valence electrons. The standard InChI is InChI=1S/C8H9ClN2O2/c9-7-2-1-5(4-11-7)3-6(10)8(12)13/h1-2,4,6H,3,10H2,(H,12,13)/t6-/m1/s1. The van der Waals surface area contributed by atoms with E-state index in [4.69, 9.17) is 22.4 Å². The molecule has 0 saturated heterocycles. The number of nitrogens with two attached hydrogens (primary N) is 1. The summed E-state index contributed by atoms with van der Waals surface area (Å²) in [5.41, 5.74) is 6.09. The number of nitrogens with zero attached hydrogens (tertiary/aromatic N) is 1. The maximum Gasteiger partial charge on any atom is 0.320 e. The zero-order valence-electron chi connectivity index (χ0n) is 6.77. The van der Waals surface area contributed by atoms with Crippen molar-refractivity contribution in [3.05, 3.63) is 29.0 Å². The zero-order chi connectivity index (χ0) is 9.84. The van der Waals surface area contributed by atoms with Crippen LogP contribution in [0, 0.1) is 0 Å². The van der Waals surface area contributed by atoms with Gasteiger partial charge in [0.1, 0.15) is 11.2 Å². The molecule has 5 heteroatoms. The Balaban J connectivity index is 2.64. The molecule has 4 nitrogen and oxygen atoms in total. The van der Waals surface area contributed by atoms with E-state index in [9.17, 15) is 4.79 Å². The van der Waals surface area contributed by atoms with E-state index >= 15 is 0 Å². The van der Waals surface area contributed by atoms with E-state index in [-0.39, 0.29) is 6.42 Å². The van der Waals surface area contributed by atoms with E-state index in [2.05, 4.69) is 4.98 Å². The van der Waals surface area contributed by atoms with Crippen molar-refractivity contribution in [1.82, 2.24) is 4.98 Å². The molecule has 1 aromatic rings. The van der Waals surface area contributed by atoms with Crippen LogP contribution in [0.2, 0.25) is 5.15 Å². The number of aliphatic carboxylic acids is 1. The van der Waals surface area contributed by atoms with Crippen LogP contribution in [0.25, 0.3) is 0 Å². The van der Waals surface area contributed by atoms with Gasteiger partial charge in [-0.05, 0) is 18.1 Å². The van der Waals surface area contributed by atoms with E-state index in [1.54, 1.807) is 12.1 Å². The van der Waals surface area contributed by atoms with Gasteiger partial charge in [0.25, 0.3) is 0 Å². The van der Waals surface area contributed by atoms with Gasteiger partial charge in [-0.1, -0.05) is 17.7 Å². The van der Waals surface area contributed by atoms with Crippen LogP contribution in [0.1, 0.15) is 5.56 Å². The van der Waals surface area contributed by atoms with Crippen LogP contribution in [-0.4, -0.2) is 22.1 Å². The summed E-state index contributed by atoms with van der Waals surface area (Å²) in [6, 6.07) is 2.42. The van der Waals surface area contributed by atoms with E-state index in [0.29, 0.717) is 5.15 Å². The molecule has 0 unspecified atom stereocenters. The number of halogens is 1. The number of aromatic nitrogens is 1. The second-order valence-electron chi connectivity index (χ2n) is 2.64. The van der Waals surface area contributed by atoms with E-state index in [1.165, 1.54) is 6.20 Å². The molecule has 0 aliphatic heterocycles. The molecule has 0 radical (unpaired) electrons. The number of carboxylic acids is 1. The van der Waals surface area contributed by atoms with Crippen molar-refractivity contribution < 1.29 is 9.90 Å². The Hall–Kier alpha value is -1.13. The third-order valence-electron chi connectivity index (χ3n) is 1.56. The van der Waals surface area contributed by atoms with Crippen molar-refractivity contribution in [3.63, 3.8) is 0 Å². The van der Waals surface area contributed by atoms with Crippen molar-refractivity contribution in [2.75, 3.05) is 0 Å². The van der Waals surface area contributed by atoms with Crippen molar-refractivity contribution in [2.45, 2.75) is 12.5 Å². The molecule has 0 aliphatic carbocycles. The summed E-state index contributed by atoms with van der Waals surface area (Å²) < 4.78 is 0. The topological polar surface area (TPSA) is 76.2 Å². The number of pyridine rings is 1. The summed E-state index contributed by atoms with van der Waals surface area (Å²) in [4.78, 5) is 14.2. The van der Waals surface area contributed by atoms with Crippen molar-refractivity contribution in [2.24, 2.45) is 5.73 Å². The number of hydrogen-bond donors (Lipinski definition) is 2. The van der Waals surface area contributed by atoms with Crippen LogP contribution in [-0.2, 0) is 11.2 Å². The summed E-state index contributed by atoms with van der Waals surface area (Å²) in [7, 11) is 0. The van der Waals surface area contributed by atoms with E-state index < -0.39 is 12.0 Å². The molecule has 0 spiro atoms. The third kappa shape index (κ3) is 3.01. The predicted molar refractivity (Wildman–Crippen MR) is 48.6 cm³/mol. The fourth-order valence-corrected chi connectivity index (χ4v) is 0.980.